The molecule has 0 amide bonds. The van der Waals surface area contributed by atoms with Gasteiger partial charge in [-0.1, -0.05) is 12.1 Å². The van der Waals surface area contributed by atoms with Crippen molar-refractivity contribution in [2.24, 2.45) is 0 Å². The largest absolute Gasteiger partial charge is 0.389 e. The highest BCUT2D eigenvalue weighted by molar-refractivity contribution is 7.85. The first-order chi connectivity index (χ1) is 7.66. The molecule has 0 aromatic heterocycles. The smallest absolute Gasteiger partial charge is 0.0761 e. The molecule has 16 heavy (non-hydrogen) atoms. The molecule has 2 rings (SSSR count). The van der Waals surface area contributed by atoms with Crippen LogP contribution in [0.4, 0.5) is 5.69 Å². The maximum atomic E-state index is 11.2. The Hall–Kier alpha value is -0.870. The molecule has 1 heterocycles. The fourth-order valence-corrected chi connectivity index (χ4v) is 2.91. The number of hydrogen-bond acceptors (Lipinski definition) is 3. The van der Waals surface area contributed by atoms with Crippen molar-refractivity contribution in [3.05, 3.63) is 29.8 Å². The van der Waals surface area contributed by atoms with Crippen LogP contribution in [0.25, 0.3) is 0 Å². The molecule has 88 valence electrons. The van der Waals surface area contributed by atoms with Crippen molar-refractivity contribution in [2.75, 3.05) is 29.5 Å². The van der Waals surface area contributed by atoms with Gasteiger partial charge in [0, 0.05) is 41.1 Å². The van der Waals surface area contributed by atoms with Gasteiger partial charge in [0.25, 0.3) is 0 Å². The highest BCUT2D eigenvalue weighted by Gasteiger charge is 2.15. The predicted octanol–water partition coefficient (Wildman–Crippen LogP) is 1.31. The van der Waals surface area contributed by atoms with Crippen molar-refractivity contribution < 1.29 is 9.32 Å². The van der Waals surface area contributed by atoms with Crippen molar-refractivity contribution in [3.8, 4) is 0 Å². The zero-order valence-electron chi connectivity index (χ0n) is 9.43. The summed E-state index contributed by atoms with van der Waals surface area (Å²) in [5.74, 6) is 1.52. The molecule has 0 bridgehead atoms. The molecule has 0 aliphatic carbocycles. The molecule has 3 nitrogen and oxygen atoms in total. The van der Waals surface area contributed by atoms with Crippen molar-refractivity contribution in [3.63, 3.8) is 0 Å². The molecule has 1 aromatic rings. The molecular formula is C12H17NO2S. The van der Waals surface area contributed by atoms with Gasteiger partial charge in [-0.05, 0) is 24.6 Å². The SMILES string of the molecule is C[C@@H](O)c1ccc(N2CCS(=O)CC2)cc1. The quantitative estimate of drug-likeness (QED) is 0.846. The Bertz CT molecular complexity index is 365. The van der Waals surface area contributed by atoms with Crippen LogP contribution in [0.5, 0.6) is 0 Å². The Morgan fingerprint density at radius 3 is 2.31 bits per heavy atom. The van der Waals surface area contributed by atoms with E-state index in [4.69, 9.17) is 0 Å². The van der Waals surface area contributed by atoms with Gasteiger partial charge < -0.3 is 10.0 Å². The lowest BCUT2D eigenvalue weighted by molar-refractivity contribution is 0.199. The average molecular weight is 239 g/mol. The highest BCUT2D eigenvalue weighted by atomic mass is 32.2. The standard InChI is InChI=1S/C12H17NO2S/c1-10(14)11-2-4-12(5-3-11)13-6-8-16(15)9-7-13/h2-5,10,14H,6-9H2,1H3/t10-/m1/s1. The van der Waals surface area contributed by atoms with Gasteiger partial charge in [0.1, 0.15) is 0 Å². The lowest BCUT2D eigenvalue weighted by atomic mass is 10.1. The molecular weight excluding hydrogens is 222 g/mol. The number of anilines is 1. The van der Waals surface area contributed by atoms with Gasteiger partial charge in [0.05, 0.1) is 6.10 Å². The van der Waals surface area contributed by atoms with Gasteiger partial charge in [-0.3, -0.25) is 4.21 Å². The van der Waals surface area contributed by atoms with Gasteiger partial charge >= 0.3 is 0 Å². The molecule has 0 saturated carbocycles. The van der Waals surface area contributed by atoms with Crippen LogP contribution in [0.3, 0.4) is 0 Å². The molecule has 1 atom stereocenters. The van der Waals surface area contributed by atoms with Crippen molar-refractivity contribution in [1.82, 2.24) is 0 Å². The second kappa shape index (κ2) is 4.97. The molecule has 1 aromatic carbocycles. The average Bonchev–Trinajstić information content (AvgIpc) is 2.30. The number of aliphatic hydroxyl groups excluding tert-OH is 1. The summed E-state index contributed by atoms with van der Waals surface area (Å²) >= 11 is 0. The fourth-order valence-electron chi connectivity index (χ4n) is 1.86. The van der Waals surface area contributed by atoms with Gasteiger partial charge in [-0.25, -0.2) is 0 Å². The number of hydrogen-bond donors (Lipinski definition) is 1. The summed E-state index contributed by atoms with van der Waals surface area (Å²) in [6.45, 7) is 3.49. The number of nitrogens with zero attached hydrogens (tertiary/aromatic N) is 1. The van der Waals surface area contributed by atoms with E-state index in [1.807, 2.05) is 24.3 Å². The van der Waals surface area contributed by atoms with Crippen molar-refractivity contribution in [2.45, 2.75) is 13.0 Å². The Labute approximate surface area is 98.5 Å². The minimum absolute atomic E-state index is 0.414. The van der Waals surface area contributed by atoms with E-state index < -0.39 is 16.9 Å². The molecule has 0 radical (unpaired) electrons. The second-order valence-corrected chi connectivity index (χ2v) is 5.80. The number of rotatable bonds is 2. The van der Waals surface area contributed by atoms with Crippen LogP contribution < -0.4 is 4.90 Å². The van der Waals surface area contributed by atoms with Crippen LogP contribution in [0.15, 0.2) is 24.3 Å². The predicted molar refractivity (Wildman–Crippen MR) is 67.2 cm³/mol. The molecule has 1 fully saturated rings. The lowest BCUT2D eigenvalue weighted by Crippen LogP contribution is -2.37. The summed E-state index contributed by atoms with van der Waals surface area (Å²) in [5.41, 5.74) is 2.09. The van der Waals surface area contributed by atoms with Crippen LogP contribution in [0, 0.1) is 0 Å². The Morgan fingerprint density at radius 1 is 1.25 bits per heavy atom. The monoisotopic (exact) mass is 239 g/mol. The normalized spacial score (nSPS) is 19.8. The van der Waals surface area contributed by atoms with E-state index in [-0.39, 0.29) is 0 Å². The summed E-state index contributed by atoms with van der Waals surface area (Å²) in [6.07, 6.45) is -0.414. The maximum absolute atomic E-state index is 11.2. The first-order valence-corrected chi connectivity index (χ1v) is 7.03. The molecule has 1 aliphatic heterocycles. The Kier molecular flexibility index (Phi) is 3.61. The number of aliphatic hydroxyl groups is 1. The summed E-state index contributed by atoms with van der Waals surface area (Å²) in [5, 5.41) is 9.41. The van der Waals surface area contributed by atoms with Crippen LogP contribution in [0.1, 0.15) is 18.6 Å². The Balaban J connectivity index is 2.07. The minimum atomic E-state index is -0.628. The first-order valence-electron chi connectivity index (χ1n) is 5.55. The van der Waals surface area contributed by atoms with E-state index in [0.29, 0.717) is 0 Å². The van der Waals surface area contributed by atoms with E-state index in [1.165, 1.54) is 0 Å². The van der Waals surface area contributed by atoms with Gasteiger partial charge in [0.15, 0.2) is 0 Å². The lowest BCUT2D eigenvalue weighted by Gasteiger charge is -2.28. The fraction of sp³-hybridized carbons (Fsp3) is 0.500. The van der Waals surface area contributed by atoms with Crippen LogP contribution >= 0.6 is 0 Å². The summed E-state index contributed by atoms with van der Waals surface area (Å²) < 4.78 is 11.2. The summed E-state index contributed by atoms with van der Waals surface area (Å²) in [7, 11) is -0.628. The van der Waals surface area contributed by atoms with E-state index in [2.05, 4.69) is 4.90 Å². The minimum Gasteiger partial charge on any atom is -0.389 e. The Morgan fingerprint density at radius 2 is 1.81 bits per heavy atom. The molecule has 0 unspecified atom stereocenters. The third-order valence-corrected chi connectivity index (χ3v) is 4.19. The maximum Gasteiger partial charge on any atom is 0.0761 e. The van der Waals surface area contributed by atoms with E-state index >= 15 is 0 Å². The highest BCUT2D eigenvalue weighted by Crippen LogP contribution is 2.20. The third-order valence-electron chi connectivity index (χ3n) is 2.92. The second-order valence-electron chi connectivity index (χ2n) is 4.10. The molecule has 4 heteroatoms. The zero-order valence-corrected chi connectivity index (χ0v) is 10.2. The van der Waals surface area contributed by atoms with Crippen molar-refractivity contribution >= 4 is 16.5 Å². The summed E-state index contributed by atoms with van der Waals surface area (Å²) in [4.78, 5) is 2.24. The zero-order chi connectivity index (χ0) is 11.5. The van der Waals surface area contributed by atoms with Crippen LogP contribution in [0.2, 0.25) is 0 Å². The molecule has 0 spiro atoms. The third kappa shape index (κ3) is 2.62. The van der Waals surface area contributed by atoms with Crippen LogP contribution in [-0.2, 0) is 10.8 Å². The number of benzene rings is 1. The van der Waals surface area contributed by atoms with Crippen LogP contribution in [-0.4, -0.2) is 33.9 Å². The van der Waals surface area contributed by atoms with E-state index in [0.717, 1.165) is 35.8 Å². The summed E-state index contributed by atoms with van der Waals surface area (Å²) in [6, 6.07) is 7.95. The first kappa shape index (κ1) is 11.6. The van der Waals surface area contributed by atoms with Gasteiger partial charge in [-0.2, -0.15) is 0 Å². The van der Waals surface area contributed by atoms with Gasteiger partial charge in [-0.15, -0.1) is 0 Å². The van der Waals surface area contributed by atoms with E-state index in [9.17, 15) is 9.32 Å². The molecule has 1 N–H and O–H groups in total. The molecule has 1 aliphatic rings. The topological polar surface area (TPSA) is 40.5 Å². The van der Waals surface area contributed by atoms with Gasteiger partial charge in [0.2, 0.25) is 0 Å². The van der Waals surface area contributed by atoms with E-state index in [1.54, 1.807) is 6.92 Å². The van der Waals surface area contributed by atoms with Crippen molar-refractivity contribution in [1.29, 1.82) is 0 Å². The molecule has 1 saturated heterocycles.